The Hall–Kier alpha value is -0.450. The maximum Gasteiger partial charge on any atom is 0.107 e. The van der Waals surface area contributed by atoms with Crippen molar-refractivity contribution in [2.75, 3.05) is 20.6 Å². The Kier molecular flexibility index (Phi) is 4.32. The second kappa shape index (κ2) is 5.75. The average Bonchev–Trinajstić information content (AvgIpc) is 2.60. The van der Waals surface area contributed by atoms with Gasteiger partial charge in [-0.2, -0.15) is 0 Å². The van der Waals surface area contributed by atoms with Crippen LogP contribution in [-0.2, 0) is 13.1 Å². The molecule has 0 aliphatic heterocycles. The lowest BCUT2D eigenvalue weighted by molar-refractivity contribution is 0.199. The topological polar surface area (TPSA) is 28.2 Å². The summed E-state index contributed by atoms with van der Waals surface area (Å²) in [5, 5.41) is 6.51. The van der Waals surface area contributed by atoms with Crippen molar-refractivity contribution in [1.82, 2.24) is 15.2 Å². The highest BCUT2D eigenvalue weighted by Gasteiger charge is 2.19. The second-order valence-electron chi connectivity index (χ2n) is 4.76. The van der Waals surface area contributed by atoms with E-state index in [9.17, 15) is 0 Å². The van der Waals surface area contributed by atoms with Gasteiger partial charge in [0.15, 0.2) is 0 Å². The van der Waals surface area contributed by atoms with Gasteiger partial charge in [0.2, 0.25) is 0 Å². The van der Waals surface area contributed by atoms with Crippen LogP contribution in [0.3, 0.4) is 0 Å². The van der Waals surface area contributed by atoms with Crippen molar-refractivity contribution in [3.8, 4) is 0 Å². The van der Waals surface area contributed by atoms with Gasteiger partial charge in [0, 0.05) is 25.0 Å². The molecule has 1 N–H and O–H groups in total. The van der Waals surface area contributed by atoms with Gasteiger partial charge in [-0.25, -0.2) is 4.98 Å². The van der Waals surface area contributed by atoms with Crippen molar-refractivity contribution >= 4 is 11.3 Å². The number of nitrogens with one attached hydrogen (secondary N) is 1. The largest absolute Gasteiger partial charge is 0.314 e. The van der Waals surface area contributed by atoms with Gasteiger partial charge in [-0.05, 0) is 32.9 Å². The lowest BCUT2D eigenvalue weighted by atomic mass is 9.85. The van der Waals surface area contributed by atoms with Crippen molar-refractivity contribution in [3.05, 3.63) is 16.1 Å². The summed E-state index contributed by atoms with van der Waals surface area (Å²) in [7, 11) is 4.17. The van der Waals surface area contributed by atoms with Gasteiger partial charge in [0.25, 0.3) is 0 Å². The lowest BCUT2D eigenvalue weighted by Gasteiger charge is -2.29. The fourth-order valence-corrected chi connectivity index (χ4v) is 2.91. The van der Waals surface area contributed by atoms with Gasteiger partial charge >= 0.3 is 0 Å². The number of rotatable bonds is 6. The van der Waals surface area contributed by atoms with Crippen molar-refractivity contribution in [3.63, 3.8) is 0 Å². The third-order valence-electron chi connectivity index (χ3n) is 3.15. The summed E-state index contributed by atoms with van der Waals surface area (Å²) in [5.41, 5.74) is 1.22. The van der Waals surface area contributed by atoms with Crippen LogP contribution in [0.25, 0.3) is 0 Å². The molecule has 0 aromatic carbocycles. The van der Waals surface area contributed by atoms with Gasteiger partial charge in [-0.15, -0.1) is 11.3 Å². The van der Waals surface area contributed by atoms with Gasteiger partial charge in [0.1, 0.15) is 5.01 Å². The Morgan fingerprint density at radius 3 is 3.00 bits per heavy atom. The first kappa shape index (κ1) is 12.0. The molecule has 0 saturated heterocycles. The minimum Gasteiger partial charge on any atom is -0.314 e. The summed E-state index contributed by atoms with van der Waals surface area (Å²) in [4.78, 5) is 7.01. The average molecular weight is 239 g/mol. The molecule has 1 aromatic rings. The fraction of sp³-hybridized carbons (Fsp3) is 0.750. The van der Waals surface area contributed by atoms with Crippen LogP contribution in [0.5, 0.6) is 0 Å². The van der Waals surface area contributed by atoms with Crippen LogP contribution in [0, 0.1) is 5.92 Å². The zero-order valence-electron chi connectivity index (χ0n) is 10.2. The molecule has 1 fully saturated rings. The van der Waals surface area contributed by atoms with E-state index < -0.39 is 0 Å². The van der Waals surface area contributed by atoms with E-state index in [-0.39, 0.29) is 0 Å². The van der Waals surface area contributed by atoms with Crippen molar-refractivity contribution in [1.29, 1.82) is 0 Å². The molecule has 0 radical (unpaired) electrons. The van der Waals surface area contributed by atoms with Crippen molar-refractivity contribution in [2.24, 2.45) is 5.92 Å². The first-order valence-corrected chi connectivity index (χ1v) is 6.92. The number of thiazole rings is 1. The van der Waals surface area contributed by atoms with E-state index in [4.69, 9.17) is 0 Å². The summed E-state index contributed by atoms with van der Waals surface area (Å²) in [5.74, 6) is 0.945. The summed E-state index contributed by atoms with van der Waals surface area (Å²) >= 11 is 1.75. The molecular formula is C12H21N3S. The lowest BCUT2D eigenvalue weighted by Crippen LogP contribution is -2.29. The van der Waals surface area contributed by atoms with Crippen LogP contribution < -0.4 is 5.32 Å². The number of nitrogens with zero attached hydrogens (tertiary/aromatic N) is 2. The van der Waals surface area contributed by atoms with Crippen LogP contribution in [0.1, 0.15) is 30.0 Å². The third-order valence-corrected chi connectivity index (χ3v) is 4.05. The Labute approximate surface area is 102 Å². The fourth-order valence-electron chi connectivity index (χ4n) is 2.11. The Bertz CT molecular complexity index is 320. The molecular weight excluding hydrogens is 218 g/mol. The molecule has 1 heterocycles. The zero-order chi connectivity index (χ0) is 11.4. The van der Waals surface area contributed by atoms with E-state index in [0.29, 0.717) is 0 Å². The second-order valence-corrected chi connectivity index (χ2v) is 5.70. The van der Waals surface area contributed by atoms with Crippen LogP contribution in [0.15, 0.2) is 5.38 Å². The van der Waals surface area contributed by atoms with E-state index >= 15 is 0 Å². The molecule has 4 heteroatoms. The smallest absolute Gasteiger partial charge is 0.107 e. The molecule has 16 heavy (non-hydrogen) atoms. The molecule has 0 unspecified atom stereocenters. The molecule has 1 aliphatic carbocycles. The summed E-state index contributed by atoms with van der Waals surface area (Å²) in [6, 6.07) is 0. The highest BCUT2D eigenvalue weighted by molar-refractivity contribution is 7.09. The molecule has 0 amide bonds. The predicted molar refractivity (Wildman–Crippen MR) is 68.6 cm³/mol. The van der Waals surface area contributed by atoms with Crippen LogP contribution >= 0.6 is 11.3 Å². The number of hydrogen-bond donors (Lipinski definition) is 1. The van der Waals surface area contributed by atoms with Gasteiger partial charge in [-0.3, -0.25) is 0 Å². The van der Waals surface area contributed by atoms with E-state index in [2.05, 4.69) is 27.6 Å². The van der Waals surface area contributed by atoms with Crippen molar-refractivity contribution < 1.29 is 0 Å². The molecule has 0 spiro atoms. The summed E-state index contributed by atoms with van der Waals surface area (Å²) in [6.45, 7) is 3.12. The van der Waals surface area contributed by atoms with E-state index in [1.807, 2.05) is 7.05 Å². The standard InChI is InChI=1S/C12H21N3S/c1-13-6-12-14-11(9-16-12)8-15(2)7-10-4-3-5-10/h9-10,13H,3-8H2,1-2H3. The van der Waals surface area contributed by atoms with Gasteiger partial charge in [-0.1, -0.05) is 6.42 Å². The predicted octanol–water partition coefficient (Wildman–Crippen LogP) is 2.09. The van der Waals surface area contributed by atoms with Crippen LogP contribution in [0.4, 0.5) is 0 Å². The molecule has 1 saturated carbocycles. The molecule has 90 valence electrons. The first-order valence-electron chi connectivity index (χ1n) is 6.04. The third kappa shape index (κ3) is 3.27. The van der Waals surface area contributed by atoms with E-state index in [0.717, 1.165) is 19.0 Å². The Morgan fingerprint density at radius 2 is 2.38 bits per heavy atom. The van der Waals surface area contributed by atoms with E-state index in [1.165, 1.54) is 36.5 Å². The monoisotopic (exact) mass is 239 g/mol. The molecule has 0 bridgehead atoms. The molecule has 1 aliphatic rings. The van der Waals surface area contributed by atoms with E-state index in [1.54, 1.807) is 11.3 Å². The molecule has 0 atom stereocenters. The van der Waals surface area contributed by atoms with Gasteiger partial charge in [0.05, 0.1) is 5.69 Å². The minimum atomic E-state index is 0.886. The maximum atomic E-state index is 4.61. The van der Waals surface area contributed by atoms with Crippen LogP contribution in [0.2, 0.25) is 0 Å². The Morgan fingerprint density at radius 1 is 1.56 bits per heavy atom. The quantitative estimate of drug-likeness (QED) is 0.824. The van der Waals surface area contributed by atoms with Gasteiger partial charge < -0.3 is 10.2 Å². The molecule has 2 rings (SSSR count). The minimum absolute atomic E-state index is 0.886. The zero-order valence-corrected chi connectivity index (χ0v) is 11.0. The summed E-state index contributed by atoms with van der Waals surface area (Å²) in [6.07, 6.45) is 4.28. The van der Waals surface area contributed by atoms with Crippen molar-refractivity contribution in [2.45, 2.75) is 32.4 Å². The first-order chi connectivity index (χ1) is 7.78. The van der Waals surface area contributed by atoms with Crippen LogP contribution in [-0.4, -0.2) is 30.5 Å². The number of hydrogen-bond acceptors (Lipinski definition) is 4. The summed E-state index contributed by atoms with van der Waals surface area (Å²) < 4.78 is 0. The molecule has 1 aromatic heterocycles. The molecule has 3 nitrogen and oxygen atoms in total. The SMILES string of the molecule is CNCc1nc(CN(C)CC2CCC2)cs1. The number of aromatic nitrogens is 1. The maximum absolute atomic E-state index is 4.61. The Balaban J connectivity index is 1.77. The highest BCUT2D eigenvalue weighted by atomic mass is 32.1. The normalized spacial score (nSPS) is 16.7. The highest BCUT2D eigenvalue weighted by Crippen LogP contribution is 2.27.